The standard InChI is InChI=1S/C19H18O7/c1-19(8-14-6-12(9-20)18(22)24-14)16(26-19)10-23-13-4-2-11-3-5-17(21)25-15(11)7-13/h2-7,14,16,20H,8-10H2,1H3/t14-,16-,19+/m0/s1. The van der Waals surface area contributed by atoms with Crippen LogP contribution < -0.4 is 10.4 Å². The SMILES string of the molecule is C[C@]1(C[C@@H]2C=C(CO)C(=O)O2)O[C@H]1COc1ccc2ccc(=O)oc2c1. The summed E-state index contributed by atoms with van der Waals surface area (Å²) in [5.41, 5.74) is -0.108. The molecular weight excluding hydrogens is 340 g/mol. The first kappa shape index (κ1) is 16.8. The molecule has 136 valence electrons. The summed E-state index contributed by atoms with van der Waals surface area (Å²) in [4.78, 5) is 22.8. The molecule has 7 heteroatoms. The fourth-order valence-electron chi connectivity index (χ4n) is 3.14. The zero-order chi connectivity index (χ0) is 18.3. The van der Waals surface area contributed by atoms with Crippen molar-refractivity contribution < 1.29 is 28.5 Å². The van der Waals surface area contributed by atoms with Crippen LogP contribution in [-0.4, -0.2) is 42.1 Å². The van der Waals surface area contributed by atoms with Gasteiger partial charge in [0, 0.05) is 23.9 Å². The van der Waals surface area contributed by atoms with E-state index in [1.54, 1.807) is 24.3 Å². The zero-order valence-electron chi connectivity index (χ0n) is 14.1. The van der Waals surface area contributed by atoms with Crippen molar-refractivity contribution >= 4 is 16.9 Å². The van der Waals surface area contributed by atoms with Gasteiger partial charge in [0.15, 0.2) is 0 Å². The molecule has 0 saturated carbocycles. The Bertz CT molecular complexity index is 944. The molecule has 26 heavy (non-hydrogen) atoms. The molecule has 0 spiro atoms. The zero-order valence-corrected chi connectivity index (χ0v) is 14.1. The van der Waals surface area contributed by atoms with Crippen molar-refractivity contribution in [3.05, 3.63) is 52.4 Å². The number of fused-ring (bicyclic) bond motifs is 1. The molecule has 4 rings (SSSR count). The third kappa shape index (κ3) is 3.23. The van der Waals surface area contributed by atoms with Crippen molar-refractivity contribution in [2.45, 2.75) is 31.2 Å². The van der Waals surface area contributed by atoms with E-state index in [4.69, 9.17) is 23.7 Å². The molecule has 3 atom stereocenters. The van der Waals surface area contributed by atoms with Crippen LogP contribution in [0.25, 0.3) is 11.0 Å². The van der Waals surface area contributed by atoms with Crippen molar-refractivity contribution in [2.24, 2.45) is 0 Å². The fourth-order valence-corrected chi connectivity index (χ4v) is 3.14. The molecule has 1 fully saturated rings. The first-order chi connectivity index (χ1) is 12.5. The van der Waals surface area contributed by atoms with E-state index in [0.717, 1.165) is 5.39 Å². The van der Waals surface area contributed by atoms with E-state index in [9.17, 15) is 9.59 Å². The highest BCUT2D eigenvalue weighted by molar-refractivity contribution is 5.91. The number of hydrogen-bond acceptors (Lipinski definition) is 7. The van der Waals surface area contributed by atoms with Gasteiger partial charge in [-0.3, -0.25) is 0 Å². The quantitative estimate of drug-likeness (QED) is 0.475. The van der Waals surface area contributed by atoms with Crippen LogP contribution in [0.15, 0.2) is 51.2 Å². The lowest BCUT2D eigenvalue weighted by Crippen LogP contribution is -2.22. The third-order valence-corrected chi connectivity index (χ3v) is 4.72. The highest BCUT2D eigenvalue weighted by Gasteiger charge is 2.54. The summed E-state index contributed by atoms with van der Waals surface area (Å²) in [6.45, 7) is 1.94. The van der Waals surface area contributed by atoms with E-state index >= 15 is 0 Å². The summed E-state index contributed by atoms with van der Waals surface area (Å²) in [5.74, 6) is 0.103. The van der Waals surface area contributed by atoms with Crippen LogP contribution in [0.4, 0.5) is 0 Å². The number of aliphatic hydroxyl groups is 1. The Balaban J connectivity index is 1.35. The molecule has 1 aromatic carbocycles. The molecule has 1 N–H and O–H groups in total. The Labute approximate surface area is 148 Å². The van der Waals surface area contributed by atoms with Crippen molar-refractivity contribution in [1.82, 2.24) is 0 Å². The molecule has 0 radical (unpaired) electrons. The molecule has 0 bridgehead atoms. The molecule has 1 aromatic heterocycles. The second kappa shape index (κ2) is 6.26. The Morgan fingerprint density at radius 1 is 1.23 bits per heavy atom. The van der Waals surface area contributed by atoms with Crippen molar-refractivity contribution in [2.75, 3.05) is 13.2 Å². The van der Waals surface area contributed by atoms with Gasteiger partial charge < -0.3 is 23.7 Å². The number of benzene rings is 1. The van der Waals surface area contributed by atoms with Gasteiger partial charge in [0.05, 0.1) is 17.8 Å². The molecule has 1 saturated heterocycles. The number of cyclic esters (lactones) is 1. The number of hydrogen-bond donors (Lipinski definition) is 1. The summed E-state index contributed by atoms with van der Waals surface area (Å²) in [7, 11) is 0. The molecule has 3 heterocycles. The van der Waals surface area contributed by atoms with Crippen LogP contribution in [-0.2, 0) is 14.3 Å². The van der Waals surface area contributed by atoms with Gasteiger partial charge in [-0.1, -0.05) is 0 Å². The average molecular weight is 358 g/mol. The summed E-state index contributed by atoms with van der Waals surface area (Å²) >= 11 is 0. The number of carbonyl (C=O) groups is 1. The molecule has 7 nitrogen and oxygen atoms in total. The van der Waals surface area contributed by atoms with E-state index in [1.807, 2.05) is 13.0 Å². The first-order valence-corrected chi connectivity index (χ1v) is 8.34. The molecule has 2 aromatic rings. The minimum absolute atomic E-state index is 0.133. The Kier molecular flexibility index (Phi) is 4.05. The predicted molar refractivity (Wildman–Crippen MR) is 90.9 cm³/mol. The second-order valence-electron chi connectivity index (χ2n) is 6.68. The fraction of sp³-hybridized carbons (Fsp3) is 0.368. The van der Waals surface area contributed by atoms with Gasteiger partial charge in [0.25, 0.3) is 0 Å². The summed E-state index contributed by atoms with van der Waals surface area (Å²) in [5, 5.41) is 9.89. The monoisotopic (exact) mass is 358 g/mol. The van der Waals surface area contributed by atoms with E-state index < -0.39 is 23.3 Å². The van der Waals surface area contributed by atoms with Gasteiger partial charge in [-0.15, -0.1) is 0 Å². The number of rotatable bonds is 6. The van der Waals surface area contributed by atoms with Crippen molar-refractivity contribution in [3.63, 3.8) is 0 Å². The Morgan fingerprint density at radius 2 is 2.04 bits per heavy atom. The van der Waals surface area contributed by atoms with Crippen LogP contribution >= 0.6 is 0 Å². The van der Waals surface area contributed by atoms with E-state index in [0.29, 0.717) is 24.4 Å². The van der Waals surface area contributed by atoms with Gasteiger partial charge in [-0.2, -0.15) is 0 Å². The summed E-state index contributed by atoms with van der Waals surface area (Å²) in [6.07, 6.45) is 1.61. The van der Waals surface area contributed by atoms with Gasteiger partial charge in [0.2, 0.25) is 0 Å². The largest absolute Gasteiger partial charge is 0.491 e. The lowest BCUT2D eigenvalue weighted by Gasteiger charge is -2.12. The average Bonchev–Trinajstić information content (AvgIpc) is 3.11. The molecule has 2 aliphatic heterocycles. The first-order valence-electron chi connectivity index (χ1n) is 8.34. The maximum Gasteiger partial charge on any atom is 0.336 e. The van der Waals surface area contributed by atoms with Gasteiger partial charge >= 0.3 is 11.6 Å². The predicted octanol–water partition coefficient (Wildman–Crippen LogP) is 1.56. The highest BCUT2D eigenvalue weighted by Crippen LogP contribution is 2.42. The molecule has 0 aliphatic carbocycles. The molecule has 0 amide bonds. The number of aliphatic hydroxyl groups excluding tert-OH is 1. The highest BCUT2D eigenvalue weighted by atomic mass is 16.6. The second-order valence-corrected chi connectivity index (χ2v) is 6.68. The minimum Gasteiger partial charge on any atom is -0.491 e. The maximum atomic E-state index is 11.5. The Morgan fingerprint density at radius 3 is 2.81 bits per heavy atom. The van der Waals surface area contributed by atoms with E-state index in [-0.39, 0.29) is 18.3 Å². The van der Waals surface area contributed by atoms with Gasteiger partial charge in [0.1, 0.15) is 30.1 Å². The summed E-state index contributed by atoms with van der Waals surface area (Å²) in [6, 6.07) is 8.37. The normalized spacial score (nSPS) is 27.3. The van der Waals surface area contributed by atoms with Gasteiger partial charge in [-0.05, 0) is 31.2 Å². The van der Waals surface area contributed by atoms with Crippen LogP contribution in [0.5, 0.6) is 5.75 Å². The van der Waals surface area contributed by atoms with Crippen LogP contribution in [0, 0.1) is 0 Å². The van der Waals surface area contributed by atoms with Crippen LogP contribution in [0.1, 0.15) is 13.3 Å². The Hall–Kier alpha value is -2.64. The lowest BCUT2D eigenvalue weighted by atomic mass is 9.99. The van der Waals surface area contributed by atoms with Gasteiger partial charge in [-0.25, -0.2) is 9.59 Å². The third-order valence-electron chi connectivity index (χ3n) is 4.72. The van der Waals surface area contributed by atoms with Crippen molar-refractivity contribution in [3.8, 4) is 5.75 Å². The van der Waals surface area contributed by atoms with Crippen molar-refractivity contribution in [1.29, 1.82) is 0 Å². The van der Waals surface area contributed by atoms with E-state index in [1.165, 1.54) is 6.07 Å². The smallest absolute Gasteiger partial charge is 0.336 e. The number of esters is 1. The topological polar surface area (TPSA) is 98.5 Å². The lowest BCUT2D eigenvalue weighted by molar-refractivity contribution is -0.140. The molecule has 0 unspecified atom stereocenters. The number of carbonyl (C=O) groups excluding carboxylic acids is 1. The summed E-state index contributed by atoms with van der Waals surface area (Å²) < 4.78 is 21.8. The number of ether oxygens (including phenoxy) is 3. The van der Waals surface area contributed by atoms with Crippen LogP contribution in [0.2, 0.25) is 0 Å². The molecular formula is C19H18O7. The maximum absolute atomic E-state index is 11.5. The minimum atomic E-state index is -0.479. The van der Waals surface area contributed by atoms with Crippen LogP contribution in [0.3, 0.4) is 0 Å². The van der Waals surface area contributed by atoms with E-state index in [2.05, 4.69) is 0 Å². The molecule has 2 aliphatic rings. The number of epoxide rings is 1.